The number of para-hydroxylation sites is 1. The maximum absolute atomic E-state index is 13.0. The van der Waals surface area contributed by atoms with Crippen LogP contribution in [0.5, 0.6) is 0 Å². The first-order chi connectivity index (χ1) is 12.8. The number of nitrogens with one attached hydrogen (secondary N) is 2. The second kappa shape index (κ2) is 10.9. The first kappa shape index (κ1) is 21.2. The molecule has 146 valence electrons. The van der Waals surface area contributed by atoms with Gasteiger partial charge in [-0.25, -0.2) is 14.8 Å². The van der Waals surface area contributed by atoms with Crippen LogP contribution in [0, 0.1) is 0 Å². The number of aliphatic hydroxyl groups excluding tert-OH is 1. The van der Waals surface area contributed by atoms with Crippen molar-refractivity contribution in [2.24, 2.45) is 0 Å². The monoisotopic (exact) mass is 390 g/mol. The number of piperazine rings is 1. The molecule has 6 nitrogen and oxygen atoms in total. The fraction of sp³-hybridized carbons (Fsp3) is 0.350. The molecular formula is C20H27ClN4O2. The van der Waals surface area contributed by atoms with Gasteiger partial charge in [0.1, 0.15) is 0 Å². The third-order valence-corrected chi connectivity index (χ3v) is 4.44. The van der Waals surface area contributed by atoms with E-state index in [1.54, 1.807) is 5.01 Å². The lowest BCUT2D eigenvalue weighted by atomic mass is 10.1. The molecule has 0 spiro atoms. The van der Waals surface area contributed by atoms with Gasteiger partial charge in [0.05, 0.1) is 18.3 Å². The molecule has 3 rings (SSSR count). The van der Waals surface area contributed by atoms with Gasteiger partial charge in [0.2, 0.25) is 0 Å². The summed E-state index contributed by atoms with van der Waals surface area (Å²) in [6.07, 6.45) is 0.591. The molecule has 0 radical (unpaired) electrons. The van der Waals surface area contributed by atoms with Crippen molar-refractivity contribution in [1.82, 2.24) is 15.6 Å². The van der Waals surface area contributed by atoms with E-state index in [0.29, 0.717) is 6.42 Å². The number of rotatable bonds is 6. The number of carbonyl (C=O) groups excluding carboxylic acids is 1. The Morgan fingerprint density at radius 2 is 1.67 bits per heavy atom. The fourth-order valence-corrected chi connectivity index (χ4v) is 3.13. The summed E-state index contributed by atoms with van der Waals surface area (Å²) in [4.78, 5) is 13.0. The highest BCUT2D eigenvalue weighted by atomic mass is 35.5. The van der Waals surface area contributed by atoms with Crippen LogP contribution < -0.4 is 15.6 Å². The Kier molecular flexibility index (Phi) is 8.54. The summed E-state index contributed by atoms with van der Waals surface area (Å²) in [5, 5.41) is 19.8. The molecule has 1 fully saturated rings. The molecule has 1 atom stereocenters. The summed E-state index contributed by atoms with van der Waals surface area (Å²) < 4.78 is 0. The molecule has 1 aliphatic heterocycles. The molecule has 7 heteroatoms. The van der Waals surface area contributed by atoms with Gasteiger partial charge in [-0.05, 0) is 24.1 Å². The van der Waals surface area contributed by atoms with Crippen molar-refractivity contribution in [3.05, 3.63) is 66.2 Å². The highest BCUT2D eigenvalue weighted by Crippen LogP contribution is 2.17. The number of nitrogens with zero attached hydrogens (tertiary/aromatic N) is 2. The Morgan fingerprint density at radius 3 is 2.26 bits per heavy atom. The summed E-state index contributed by atoms with van der Waals surface area (Å²) in [5.74, 6) is 0. The Bertz CT molecular complexity index is 681. The quantitative estimate of drug-likeness (QED) is 0.706. The van der Waals surface area contributed by atoms with Crippen LogP contribution in [0.15, 0.2) is 60.7 Å². The second-order valence-corrected chi connectivity index (χ2v) is 6.37. The van der Waals surface area contributed by atoms with Gasteiger partial charge in [-0.15, -0.1) is 12.4 Å². The number of hydrogen-bond donors (Lipinski definition) is 3. The maximum Gasteiger partial charge on any atom is 0.337 e. The number of benzene rings is 2. The number of carbonyl (C=O) groups is 1. The summed E-state index contributed by atoms with van der Waals surface area (Å²) >= 11 is 0. The highest BCUT2D eigenvalue weighted by molar-refractivity contribution is 5.91. The number of halogens is 1. The number of urea groups is 1. The minimum absolute atomic E-state index is 0. The molecule has 2 amide bonds. The molecule has 0 aliphatic carbocycles. The van der Waals surface area contributed by atoms with Gasteiger partial charge in [0.25, 0.3) is 0 Å². The van der Waals surface area contributed by atoms with Gasteiger partial charge in [-0.1, -0.05) is 48.5 Å². The SMILES string of the molecule is Cl.O=C(N[C@@H](CO)Cc1ccccc1)N(c1ccccc1)N1CCNCC1. The van der Waals surface area contributed by atoms with Crippen molar-refractivity contribution in [2.75, 3.05) is 37.8 Å². The van der Waals surface area contributed by atoms with E-state index in [0.717, 1.165) is 37.4 Å². The average molecular weight is 391 g/mol. The predicted molar refractivity (Wildman–Crippen MR) is 110 cm³/mol. The topological polar surface area (TPSA) is 67.8 Å². The van der Waals surface area contributed by atoms with E-state index < -0.39 is 0 Å². The summed E-state index contributed by atoms with van der Waals surface area (Å²) in [6.45, 7) is 3.08. The summed E-state index contributed by atoms with van der Waals surface area (Å²) in [5.41, 5.74) is 1.91. The Morgan fingerprint density at radius 1 is 1.07 bits per heavy atom. The van der Waals surface area contributed by atoms with Gasteiger partial charge in [-0.2, -0.15) is 0 Å². The van der Waals surface area contributed by atoms with E-state index in [9.17, 15) is 9.90 Å². The van der Waals surface area contributed by atoms with Crippen LogP contribution in [-0.2, 0) is 6.42 Å². The van der Waals surface area contributed by atoms with Crippen molar-refractivity contribution in [1.29, 1.82) is 0 Å². The molecule has 0 saturated carbocycles. The van der Waals surface area contributed by atoms with Gasteiger partial charge in [0.15, 0.2) is 0 Å². The molecule has 1 aliphatic rings. The minimum Gasteiger partial charge on any atom is -0.394 e. The first-order valence-electron chi connectivity index (χ1n) is 9.04. The maximum atomic E-state index is 13.0. The zero-order chi connectivity index (χ0) is 18.2. The molecule has 0 bridgehead atoms. The van der Waals surface area contributed by atoms with Crippen LogP contribution in [0.3, 0.4) is 0 Å². The number of hydrazine groups is 1. The van der Waals surface area contributed by atoms with E-state index in [2.05, 4.69) is 10.6 Å². The van der Waals surface area contributed by atoms with E-state index in [4.69, 9.17) is 0 Å². The van der Waals surface area contributed by atoms with Crippen molar-refractivity contribution in [2.45, 2.75) is 12.5 Å². The lowest BCUT2D eigenvalue weighted by Gasteiger charge is -2.38. The lowest BCUT2D eigenvalue weighted by Crippen LogP contribution is -2.59. The zero-order valence-electron chi connectivity index (χ0n) is 15.3. The van der Waals surface area contributed by atoms with Crippen molar-refractivity contribution in [3.8, 4) is 0 Å². The molecular weight excluding hydrogens is 364 g/mol. The van der Waals surface area contributed by atoms with Gasteiger partial charge >= 0.3 is 6.03 Å². The van der Waals surface area contributed by atoms with E-state index in [1.165, 1.54) is 0 Å². The van der Waals surface area contributed by atoms with Crippen molar-refractivity contribution in [3.63, 3.8) is 0 Å². The third kappa shape index (κ3) is 5.94. The van der Waals surface area contributed by atoms with Crippen LogP contribution in [-0.4, -0.2) is 55.0 Å². The van der Waals surface area contributed by atoms with E-state index in [-0.39, 0.29) is 31.1 Å². The van der Waals surface area contributed by atoms with Crippen LogP contribution in [0.4, 0.5) is 10.5 Å². The number of aliphatic hydroxyl groups is 1. The van der Waals surface area contributed by atoms with Crippen LogP contribution in [0.1, 0.15) is 5.56 Å². The van der Waals surface area contributed by atoms with Gasteiger partial charge in [-0.3, -0.25) is 0 Å². The number of amides is 2. The molecule has 0 aromatic heterocycles. The zero-order valence-corrected chi connectivity index (χ0v) is 16.1. The summed E-state index contributed by atoms with van der Waals surface area (Å²) in [7, 11) is 0. The molecule has 27 heavy (non-hydrogen) atoms. The van der Waals surface area contributed by atoms with Gasteiger partial charge < -0.3 is 15.7 Å². The van der Waals surface area contributed by atoms with Crippen LogP contribution >= 0.6 is 12.4 Å². The largest absolute Gasteiger partial charge is 0.394 e. The molecule has 2 aromatic carbocycles. The van der Waals surface area contributed by atoms with Gasteiger partial charge in [0, 0.05) is 26.2 Å². The molecule has 1 saturated heterocycles. The standard InChI is InChI=1S/C20H26N4O2.ClH/c25-16-18(15-17-7-3-1-4-8-17)22-20(26)24(19-9-5-2-6-10-19)23-13-11-21-12-14-23;/h1-10,18,21,25H,11-16H2,(H,22,26);1H/t18-;/m1./s1. The van der Waals surface area contributed by atoms with Crippen molar-refractivity contribution >= 4 is 24.1 Å². The Labute approximate surface area is 166 Å². The molecule has 1 heterocycles. The predicted octanol–water partition coefficient (Wildman–Crippen LogP) is 2.05. The lowest BCUT2D eigenvalue weighted by molar-refractivity contribution is 0.186. The minimum atomic E-state index is -0.334. The molecule has 2 aromatic rings. The molecule has 3 N–H and O–H groups in total. The second-order valence-electron chi connectivity index (χ2n) is 6.37. The first-order valence-corrected chi connectivity index (χ1v) is 9.04. The smallest absolute Gasteiger partial charge is 0.337 e. The van der Waals surface area contributed by atoms with Crippen LogP contribution in [0.2, 0.25) is 0 Å². The number of hydrogen-bond acceptors (Lipinski definition) is 4. The fourth-order valence-electron chi connectivity index (χ4n) is 3.13. The number of anilines is 1. The van der Waals surface area contributed by atoms with Crippen LogP contribution in [0.25, 0.3) is 0 Å². The van der Waals surface area contributed by atoms with E-state index in [1.807, 2.05) is 65.7 Å². The highest BCUT2D eigenvalue weighted by Gasteiger charge is 2.26. The third-order valence-electron chi connectivity index (χ3n) is 4.44. The van der Waals surface area contributed by atoms with Crippen molar-refractivity contribution < 1.29 is 9.90 Å². The summed E-state index contributed by atoms with van der Waals surface area (Å²) in [6, 6.07) is 19.0. The average Bonchev–Trinajstić information content (AvgIpc) is 2.70. The normalized spacial score (nSPS) is 15.4. The van der Waals surface area contributed by atoms with E-state index >= 15 is 0 Å². The molecule has 0 unspecified atom stereocenters. The Hall–Kier alpha value is -2.12. The Balaban J connectivity index is 0.00000261.